The zero-order valence-corrected chi connectivity index (χ0v) is 15.1. The van der Waals surface area contributed by atoms with E-state index in [9.17, 15) is 0 Å². The monoisotopic (exact) mass is 363 g/mol. The van der Waals surface area contributed by atoms with Crippen molar-refractivity contribution in [3.05, 3.63) is 48.9 Å². The lowest BCUT2D eigenvalue weighted by molar-refractivity contribution is 0.324. The molecule has 1 aromatic carbocycles. The van der Waals surface area contributed by atoms with Crippen molar-refractivity contribution in [2.45, 2.75) is 0 Å². The Morgan fingerprint density at radius 2 is 1.67 bits per heavy atom. The van der Waals surface area contributed by atoms with Crippen LogP contribution in [0, 0.1) is 0 Å². The number of hydrogen-bond acceptors (Lipinski definition) is 7. The molecule has 4 rings (SSSR count). The van der Waals surface area contributed by atoms with E-state index in [1.165, 1.54) is 0 Å². The number of methoxy groups -OCH3 is 3. The molecule has 0 aliphatic carbocycles. The molecule has 27 heavy (non-hydrogen) atoms. The molecular weight excluding hydrogens is 346 g/mol. The van der Waals surface area contributed by atoms with E-state index in [0.717, 1.165) is 16.8 Å². The minimum atomic E-state index is 0.486. The Morgan fingerprint density at radius 3 is 2.30 bits per heavy atom. The first-order valence-electron chi connectivity index (χ1n) is 8.17. The van der Waals surface area contributed by atoms with Gasteiger partial charge in [-0.05, 0) is 30.3 Å². The van der Waals surface area contributed by atoms with Crippen LogP contribution in [0.4, 0.5) is 0 Å². The van der Waals surface area contributed by atoms with Crippen LogP contribution >= 0.6 is 0 Å². The van der Waals surface area contributed by atoms with Gasteiger partial charge in [-0.3, -0.25) is 4.98 Å². The van der Waals surface area contributed by atoms with E-state index < -0.39 is 0 Å². The summed E-state index contributed by atoms with van der Waals surface area (Å²) in [6.45, 7) is 0. The van der Waals surface area contributed by atoms with E-state index in [2.05, 4.69) is 20.1 Å². The summed E-state index contributed by atoms with van der Waals surface area (Å²) in [5, 5.41) is 4.63. The SMILES string of the molecule is COc1cc(-c2nc3nccc(-c4cccnc4)n3n2)cc(OC)c1OC. The lowest BCUT2D eigenvalue weighted by Gasteiger charge is -2.12. The highest BCUT2D eigenvalue weighted by Gasteiger charge is 2.18. The predicted octanol–water partition coefficient (Wildman–Crippen LogP) is 2.88. The van der Waals surface area contributed by atoms with Gasteiger partial charge in [0.05, 0.1) is 27.0 Å². The quantitative estimate of drug-likeness (QED) is 0.539. The van der Waals surface area contributed by atoms with Gasteiger partial charge in [-0.15, -0.1) is 5.10 Å². The van der Waals surface area contributed by atoms with E-state index in [4.69, 9.17) is 14.2 Å². The molecule has 136 valence electrons. The summed E-state index contributed by atoms with van der Waals surface area (Å²) in [7, 11) is 4.70. The summed E-state index contributed by atoms with van der Waals surface area (Å²) >= 11 is 0. The Hall–Kier alpha value is -3.68. The van der Waals surface area contributed by atoms with Gasteiger partial charge in [-0.25, -0.2) is 4.98 Å². The van der Waals surface area contributed by atoms with E-state index in [0.29, 0.717) is 28.9 Å². The molecule has 8 heteroatoms. The first-order valence-corrected chi connectivity index (χ1v) is 8.17. The normalized spacial score (nSPS) is 10.8. The van der Waals surface area contributed by atoms with Crippen LogP contribution in [0.5, 0.6) is 17.2 Å². The maximum absolute atomic E-state index is 5.42. The van der Waals surface area contributed by atoms with Crippen LogP contribution < -0.4 is 14.2 Å². The molecule has 0 atom stereocenters. The second-order valence-electron chi connectivity index (χ2n) is 5.63. The van der Waals surface area contributed by atoms with Gasteiger partial charge in [0, 0.05) is 29.7 Å². The van der Waals surface area contributed by atoms with E-state index in [1.54, 1.807) is 56.6 Å². The van der Waals surface area contributed by atoms with Crippen LogP contribution in [0.2, 0.25) is 0 Å². The fourth-order valence-electron chi connectivity index (χ4n) is 2.86. The Bertz CT molecular complexity index is 1070. The number of pyridine rings is 1. The molecule has 0 radical (unpaired) electrons. The maximum atomic E-state index is 5.42. The molecule has 3 heterocycles. The van der Waals surface area contributed by atoms with Crippen molar-refractivity contribution in [2.75, 3.05) is 21.3 Å². The number of ether oxygens (including phenoxy) is 3. The molecule has 3 aromatic heterocycles. The van der Waals surface area contributed by atoms with Gasteiger partial charge in [0.15, 0.2) is 17.3 Å². The summed E-state index contributed by atoms with van der Waals surface area (Å²) in [4.78, 5) is 13.0. The Labute approximate surface area is 155 Å². The predicted molar refractivity (Wildman–Crippen MR) is 99.1 cm³/mol. The number of nitrogens with zero attached hydrogens (tertiary/aromatic N) is 5. The minimum Gasteiger partial charge on any atom is -0.493 e. The average molecular weight is 363 g/mol. The highest BCUT2D eigenvalue weighted by molar-refractivity contribution is 5.68. The molecule has 0 bridgehead atoms. The summed E-state index contributed by atoms with van der Waals surface area (Å²) in [6.07, 6.45) is 5.20. The largest absolute Gasteiger partial charge is 0.493 e. The molecule has 4 aromatic rings. The average Bonchev–Trinajstić information content (AvgIpc) is 3.17. The molecule has 0 amide bonds. The van der Waals surface area contributed by atoms with Gasteiger partial charge in [-0.2, -0.15) is 9.50 Å². The van der Waals surface area contributed by atoms with Crippen LogP contribution in [-0.2, 0) is 0 Å². The highest BCUT2D eigenvalue weighted by Crippen LogP contribution is 2.40. The summed E-state index contributed by atoms with van der Waals surface area (Å²) in [5.74, 6) is 2.57. The Kier molecular flexibility index (Phi) is 4.29. The van der Waals surface area contributed by atoms with Crippen LogP contribution in [0.3, 0.4) is 0 Å². The number of rotatable bonds is 5. The third-order valence-electron chi connectivity index (χ3n) is 4.12. The molecule has 8 nitrogen and oxygen atoms in total. The molecule has 0 unspecified atom stereocenters. The summed E-state index contributed by atoms with van der Waals surface area (Å²) < 4.78 is 17.9. The number of benzene rings is 1. The third kappa shape index (κ3) is 2.91. The molecule has 0 aliphatic rings. The van der Waals surface area contributed by atoms with Crippen LogP contribution in [0.15, 0.2) is 48.9 Å². The van der Waals surface area contributed by atoms with Crippen molar-refractivity contribution in [1.29, 1.82) is 0 Å². The summed E-state index contributed by atoms with van der Waals surface area (Å²) in [6, 6.07) is 9.32. The van der Waals surface area contributed by atoms with Gasteiger partial charge >= 0.3 is 0 Å². The zero-order valence-electron chi connectivity index (χ0n) is 15.1. The lowest BCUT2D eigenvalue weighted by Crippen LogP contribution is -1.97. The third-order valence-corrected chi connectivity index (χ3v) is 4.12. The smallest absolute Gasteiger partial charge is 0.253 e. The zero-order chi connectivity index (χ0) is 18.8. The molecule has 0 N–H and O–H groups in total. The fraction of sp³-hybridized carbons (Fsp3) is 0.158. The number of fused-ring (bicyclic) bond motifs is 1. The summed E-state index contributed by atoms with van der Waals surface area (Å²) in [5.41, 5.74) is 2.50. The van der Waals surface area contributed by atoms with Gasteiger partial charge in [0.2, 0.25) is 5.75 Å². The topological polar surface area (TPSA) is 83.7 Å². The standard InChI is InChI=1S/C19H17N5O3/c1-25-15-9-13(10-16(26-2)17(15)27-3)18-22-19-21-8-6-14(24(19)23-18)12-5-4-7-20-11-12/h4-11H,1-3H3. The molecule has 0 fully saturated rings. The van der Waals surface area contributed by atoms with Crippen molar-refractivity contribution in [2.24, 2.45) is 0 Å². The second kappa shape index (κ2) is 6.91. The first-order chi connectivity index (χ1) is 13.2. The van der Waals surface area contributed by atoms with Gasteiger partial charge < -0.3 is 14.2 Å². The Morgan fingerprint density at radius 1 is 0.889 bits per heavy atom. The minimum absolute atomic E-state index is 0.486. The molecule has 0 saturated carbocycles. The van der Waals surface area contributed by atoms with Crippen molar-refractivity contribution in [3.8, 4) is 39.9 Å². The second-order valence-corrected chi connectivity index (χ2v) is 5.63. The first kappa shape index (κ1) is 16.8. The van der Waals surface area contributed by atoms with Crippen LogP contribution in [0.25, 0.3) is 28.4 Å². The van der Waals surface area contributed by atoms with E-state index >= 15 is 0 Å². The number of aromatic nitrogens is 5. The van der Waals surface area contributed by atoms with E-state index in [-0.39, 0.29) is 0 Å². The number of hydrogen-bond donors (Lipinski definition) is 0. The van der Waals surface area contributed by atoms with Gasteiger partial charge in [0.1, 0.15) is 0 Å². The maximum Gasteiger partial charge on any atom is 0.253 e. The molecular formula is C19H17N5O3. The van der Waals surface area contributed by atoms with Crippen LogP contribution in [0.1, 0.15) is 0 Å². The van der Waals surface area contributed by atoms with Gasteiger partial charge in [0.25, 0.3) is 5.78 Å². The highest BCUT2D eigenvalue weighted by atomic mass is 16.5. The van der Waals surface area contributed by atoms with Crippen molar-refractivity contribution < 1.29 is 14.2 Å². The van der Waals surface area contributed by atoms with Crippen molar-refractivity contribution >= 4 is 5.78 Å². The fourth-order valence-corrected chi connectivity index (χ4v) is 2.86. The Balaban J connectivity index is 1.89. The molecule has 0 aliphatic heterocycles. The van der Waals surface area contributed by atoms with Crippen molar-refractivity contribution in [3.63, 3.8) is 0 Å². The van der Waals surface area contributed by atoms with Crippen molar-refractivity contribution in [1.82, 2.24) is 24.6 Å². The molecule has 0 saturated heterocycles. The van der Waals surface area contributed by atoms with Gasteiger partial charge in [-0.1, -0.05) is 0 Å². The molecule has 0 spiro atoms. The van der Waals surface area contributed by atoms with E-state index in [1.807, 2.05) is 18.2 Å². The van der Waals surface area contributed by atoms with Crippen LogP contribution in [-0.4, -0.2) is 45.9 Å². The lowest BCUT2D eigenvalue weighted by atomic mass is 10.1.